The second-order valence-electron chi connectivity index (χ2n) is 3.80. The summed E-state index contributed by atoms with van der Waals surface area (Å²) >= 11 is 5.66. The van der Waals surface area contributed by atoms with E-state index in [-0.39, 0.29) is 10.7 Å². The maximum Gasteiger partial charge on any atom is 0.254 e. The third-order valence-corrected chi connectivity index (χ3v) is 2.29. The molecule has 0 saturated heterocycles. The Kier molecular flexibility index (Phi) is 3.69. The van der Waals surface area contributed by atoms with Crippen molar-refractivity contribution in [2.45, 2.75) is 33.7 Å². The number of hydrogen-bond donors (Lipinski definition) is 0. The van der Waals surface area contributed by atoms with Gasteiger partial charge < -0.3 is 0 Å². The standard InChI is InChI=1S/C10H15ClN2O/c1-7(2)4-5-13-8(3)12-9(11)6-10(13)14/h6-7H,4-5H2,1-3H3. The fourth-order valence-electron chi connectivity index (χ4n) is 1.25. The maximum atomic E-state index is 11.5. The highest BCUT2D eigenvalue weighted by Crippen LogP contribution is 2.05. The van der Waals surface area contributed by atoms with Crippen LogP contribution in [0.4, 0.5) is 0 Å². The van der Waals surface area contributed by atoms with E-state index < -0.39 is 0 Å². The first-order chi connectivity index (χ1) is 6.50. The normalized spacial score (nSPS) is 10.9. The third kappa shape index (κ3) is 2.84. The van der Waals surface area contributed by atoms with E-state index in [4.69, 9.17) is 11.6 Å². The van der Waals surface area contributed by atoms with Crippen LogP contribution in [-0.2, 0) is 6.54 Å². The van der Waals surface area contributed by atoms with Crippen molar-refractivity contribution in [2.75, 3.05) is 0 Å². The Morgan fingerprint density at radius 3 is 2.71 bits per heavy atom. The Hall–Kier alpha value is -0.830. The first-order valence-corrected chi connectivity index (χ1v) is 5.12. The van der Waals surface area contributed by atoms with Gasteiger partial charge in [0.25, 0.3) is 5.56 Å². The van der Waals surface area contributed by atoms with Gasteiger partial charge in [-0.1, -0.05) is 25.4 Å². The lowest BCUT2D eigenvalue weighted by Gasteiger charge is -2.10. The van der Waals surface area contributed by atoms with Crippen LogP contribution in [0.25, 0.3) is 0 Å². The topological polar surface area (TPSA) is 34.9 Å². The average Bonchev–Trinajstić information content (AvgIpc) is 2.01. The van der Waals surface area contributed by atoms with E-state index in [9.17, 15) is 4.79 Å². The molecule has 0 aromatic carbocycles. The van der Waals surface area contributed by atoms with Crippen molar-refractivity contribution in [3.63, 3.8) is 0 Å². The van der Waals surface area contributed by atoms with Crippen LogP contribution in [0, 0.1) is 12.8 Å². The summed E-state index contributed by atoms with van der Waals surface area (Å²) in [5.41, 5.74) is -0.0665. The summed E-state index contributed by atoms with van der Waals surface area (Å²) < 4.78 is 1.66. The molecule has 4 heteroatoms. The summed E-state index contributed by atoms with van der Waals surface area (Å²) in [4.78, 5) is 15.6. The number of aryl methyl sites for hydroxylation is 1. The number of nitrogens with zero attached hydrogens (tertiary/aromatic N) is 2. The number of rotatable bonds is 3. The quantitative estimate of drug-likeness (QED) is 0.724. The minimum absolute atomic E-state index is 0.0665. The molecule has 14 heavy (non-hydrogen) atoms. The van der Waals surface area contributed by atoms with Crippen LogP contribution in [-0.4, -0.2) is 9.55 Å². The molecule has 3 nitrogen and oxygen atoms in total. The van der Waals surface area contributed by atoms with Gasteiger partial charge in [0.15, 0.2) is 0 Å². The van der Waals surface area contributed by atoms with Crippen molar-refractivity contribution < 1.29 is 0 Å². The lowest BCUT2D eigenvalue weighted by atomic mass is 10.1. The second-order valence-corrected chi connectivity index (χ2v) is 4.19. The minimum Gasteiger partial charge on any atom is -0.297 e. The summed E-state index contributed by atoms with van der Waals surface area (Å²) in [5, 5.41) is 0.272. The number of aromatic nitrogens is 2. The SMILES string of the molecule is Cc1nc(Cl)cc(=O)n1CCC(C)C. The van der Waals surface area contributed by atoms with Crippen LogP contribution in [0.5, 0.6) is 0 Å². The number of hydrogen-bond acceptors (Lipinski definition) is 2. The first kappa shape index (κ1) is 11.2. The summed E-state index contributed by atoms with van der Waals surface area (Å²) in [7, 11) is 0. The highest BCUT2D eigenvalue weighted by molar-refractivity contribution is 6.29. The fourth-order valence-corrected chi connectivity index (χ4v) is 1.46. The Morgan fingerprint density at radius 2 is 2.21 bits per heavy atom. The van der Waals surface area contributed by atoms with Gasteiger partial charge in [0.05, 0.1) is 0 Å². The van der Waals surface area contributed by atoms with E-state index >= 15 is 0 Å². The van der Waals surface area contributed by atoms with Gasteiger partial charge in [-0.3, -0.25) is 9.36 Å². The molecule has 0 aliphatic rings. The monoisotopic (exact) mass is 214 g/mol. The van der Waals surface area contributed by atoms with Gasteiger partial charge in [-0.2, -0.15) is 0 Å². The molecule has 0 fully saturated rings. The zero-order valence-corrected chi connectivity index (χ0v) is 9.51. The molecule has 0 radical (unpaired) electrons. The van der Waals surface area contributed by atoms with Crippen LogP contribution in [0.3, 0.4) is 0 Å². The van der Waals surface area contributed by atoms with Gasteiger partial charge in [0.2, 0.25) is 0 Å². The molecule has 0 saturated carbocycles. The average molecular weight is 215 g/mol. The van der Waals surface area contributed by atoms with E-state index in [0.29, 0.717) is 18.3 Å². The van der Waals surface area contributed by atoms with Crippen molar-refractivity contribution in [1.82, 2.24) is 9.55 Å². The van der Waals surface area contributed by atoms with Crippen molar-refractivity contribution in [1.29, 1.82) is 0 Å². The van der Waals surface area contributed by atoms with Crippen LogP contribution < -0.4 is 5.56 Å². The summed E-state index contributed by atoms with van der Waals surface area (Å²) in [6.45, 7) is 6.77. The largest absolute Gasteiger partial charge is 0.297 e. The highest BCUT2D eigenvalue weighted by Gasteiger charge is 2.04. The van der Waals surface area contributed by atoms with Crippen LogP contribution in [0.15, 0.2) is 10.9 Å². The van der Waals surface area contributed by atoms with Gasteiger partial charge in [-0.25, -0.2) is 4.98 Å². The van der Waals surface area contributed by atoms with E-state index in [0.717, 1.165) is 6.42 Å². The Morgan fingerprint density at radius 1 is 1.57 bits per heavy atom. The number of halogens is 1. The lowest BCUT2D eigenvalue weighted by Crippen LogP contribution is -2.23. The maximum absolute atomic E-state index is 11.5. The molecular formula is C10H15ClN2O. The molecule has 1 rings (SSSR count). The molecule has 1 aromatic heterocycles. The van der Waals surface area contributed by atoms with E-state index in [1.54, 1.807) is 11.5 Å². The fraction of sp³-hybridized carbons (Fsp3) is 0.600. The summed E-state index contributed by atoms with van der Waals surface area (Å²) in [6.07, 6.45) is 0.976. The van der Waals surface area contributed by atoms with E-state index in [1.807, 2.05) is 0 Å². The van der Waals surface area contributed by atoms with Crippen molar-refractivity contribution in [3.05, 3.63) is 27.4 Å². The van der Waals surface area contributed by atoms with Crippen LogP contribution >= 0.6 is 11.6 Å². The molecule has 78 valence electrons. The molecule has 0 aliphatic heterocycles. The Bertz CT molecular complexity index is 371. The second kappa shape index (κ2) is 4.60. The predicted molar refractivity (Wildman–Crippen MR) is 57.7 cm³/mol. The lowest BCUT2D eigenvalue weighted by molar-refractivity contribution is 0.496. The summed E-state index contributed by atoms with van der Waals surface area (Å²) in [5.74, 6) is 1.26. The molecule has 0 amide bonds. The summed E-state index contributed by atoms with van der Waals surface area (Å²) in [6, 6.07) is 1.36. The smallest absolute Gasteiger partial charge is 0.254 e. The third-order valence-electron chi connectivity index (χ3n) is 2.10. The Balaban J connectivity index is 2.92. The highest BCUT2D eigenvalue weighted by atomic mass is 35.5. The van der Waals surface area contributed by atoms with Gasteiger partial charge in [0.1, 0.15) is 11.0 Å². The first-order valence-electron chi connectivity index (χ1n) is 4.74. The molecule has 0 spiro atoms. The van der Waals surface area contributed by atoms with Crippen molar-refractivity contribution >= 4 is 11.6 Å². The van der Waals surface area contributed by atoms with Crippen molar-refractivity contribution in [2.24, 2.45) is 5.92 Å². The molecule has 0 atom stereocenters. The van der Waals surface area contributed by atoms with Gasteiger partial charge in [-0.05, 0) is 19.3 Å². The minimum atomic E-state index is -0.0665. The molecule has 0 bridgehead atoms. The van der Waals surface area contributed by atoms with Gasteiger partial charge >= 0.3 is 0 Å². The van der Waals surface area contributed by atoms with Crippen molar-refractivity contribution in [3.8, 4) is 0 Å². The molecule has 0 N–H and O–H groups in total. The van der Waals surface area contributed by atoms with Gasteiger partial charge in [-0.15, -0.1) is 0 Å². The zero-order chi connectivity index (χ0) is 10.7. The molecule has 0 unspecified atom stereocenters. The Labute approximate surface area is 88.7 Å². The zero-order valence-electron chi connectivity index (χ0n) is 8.75. The van der Waals surface area contributed by atoms with Gasteiger partial charge in [0, 0.05) is 12.6 Å². The predicted octanol–water partition coefficient (Wildman–Crippen LogP) is 2.25. The molecule has 1 heterocycles. The molecular weight excluding hydrogens is 200 g/mol. The van der Waals surface area contributed by atoms with Crippen LogP contribution in [0.1, 0.15) is 26.1 Å². The van der Waals surface area contributed by atoms with E-state index in [1.165, 1.54) is 6.07 Å². The van der Waals surface area contributed by atoms with Crippen LogP contribution in [0.2, 0.25) is 5.15 Å². The molecule has 0 aliphatic carbocycles. The molecule has 1 aromatic rings. The van der Waals surface area contributed by atoms with E-state index in [2.05, 4.69) is 18.8 Å².